The van der Waals surface area contributed by atoms with E-state index in [4.69, 9.17) is 11.6 Å². The minimum absolute atomic E-state index is 0.00655. The van der Waals surface area contributed by atoms with Gasteiger partial charge in [0.1, 0.15) is 0 Å². The molecule has 0 radical (unpaired) electrons. The van der Waals surface area contributed by atoms with E-state index in [2.05, 4.69) is 4.98 Å². The van der Waals surface area contributed by atoms with Crippen LogP contribution in [0.2, 0.25) is 5.02 Å². The van der Waals surface area contributed by atoms with Crippen molar-refractivity contribution in [3.8, 4) is 0 Å². The first-order chi connectivity index (χ1) is 5.41. The van der Waals surface area contributed by atoms with Crippen LogP contribution in [0.5, 0.6) is 0 Å². The lowest BCUT2D eigenvalue weighted by Crippen LogP contribution is -2.08. The average Bonchev–Trinajstić information content (AvgIpc) is 1.92. The van der Waals surface area contributed by atoms with Gasteiger partial charge in [0, 0.05) is 11.9 Å². The fraction of sp³-hybridized carbons (Fsp3) is 0.286. The summed E-state index contributed by atoms with van der Waals surface area (Å²) in [5, 5.41) is -0.00655. The van der Waals surface area contributed by atoms with E-state index in [0.717, 1.165) is 6.07 Å². The van der Waals surface area contributed by atoms with E-state index in [1.165, 1.54) is 13.1 Å². The number of alkyl halides is 3. The Balaban J connectivity index is 3.23. The van der Waals surface area contributed by atoms with Gasteiger partial charge in [0.2, 0.25) is 0 Å². The van der Waals surface area contributed by atoms with Crippen LogP contribution < -0.4 is 0 Å². The van der Waals surface area contributed by atoms with E-state index in [0.29, 0.717) is 0 Å². The first-order valence-corrected chi connectivity index (χ1v) is 3.48. The first-order valence-electron chi connectivity index (χ1n) is 3.10. The van der Waals surface area contributed by atoms with Gasteiger partial charge in [-0.3, -0.25) is 4.98 Å². The van der Waals surface area contributed by atoms with Crippen molar-refractivity contribution in [2.24, 2.45) is 0 Å². The molecule has 1 rings (SSSR count). The standard InChI is InChI=1S/C7H5ClF3N/c1-4-6(7(9,10)11)2-5(8)3-12-4/h2-3H,1H3. The Morgan fingerprint density at radius 3 is 2.42 bits per heavy atom. The molecule has 0 atom stereocenters. The highest BCUT2D eigenvalue weighted by atomic mass is 35.5. The Hall–Kier alpha value is -0.770. The molecule has 0 N–H and O–H groups in total. The lowest BCUT2D eigenvalue weighted by atomic mass is 10.2. The largest absolute Gasteiger partial charge is 0.418 e. The summed E-state index contributed by atoms with van der Waals surface area (Å²) in [5.74, 6) is 0. The van der Waals surface area contributed by atoms with Crippen LogP contribution in [0.3, 0.4) is 0 Å². The van der Waals surface area contributed by atoms with E-state index in [-0.39, 0.29) is 10.7 Å². The van der Waals surface area contributed by atoms with Gasteiger partial charge in [-0.2, -0.15) is 13.2 Å². The van der Waals surface area contributed by atoms with Crippen molar-refractivity contribution < 1.29 is 13.2 Å². The molecule has 0 bridgehead atoms. The van der Waals surface area contributed by atoms with E-state index in [1.807, 2.05) is 0 Å². The minimum Gasteiger partial charge on any atom is -0.259 e. The molecule has 66 valence electrons. The Morgan fingerprint density at radius 1 is 1.42 bits per heavy atom. The maximum absolute atomic E-state index is 12.1. The molecule has 0 aliphatic heterocycles. The van der Waals surface area contributed by atoms with Gasteiger partial charge in [0.25, 0.3) is 0 Å². The predicted molar refractivity (Wildman–Crippen MR) is 39.0 cm³/mol. The van der Waals surface area contributed by atoms with Crippen LogP contribution in [-0.4, -0.2) is 4.98 Å². The zero-order valence-electron chi connectivity index (χ0n) is 6.11. The smallest absolute Gasteiger partial charge is 0.259 e. The predicted octanol–water partition coefficient (Wildman–Crippen LogP) is 3.06. The van der Waals surface area contributed by atoms with Crippen molar-refractivity contribution >= 4 is 11.6 Å². The highest BCUT2D eigenvalue weighted by Crippen LogP contribution is 2.32. The molecule has 1 aromatic heterocycles. The second kappa shape index (κ2) is 2.94. The molecule has 0 aromatic carbocycles. The van der Waals surface area contributed by atoms with Gasteiger partial charge in [-0.05, 0) is 13.0 Å². The number of hydrogen-bond acceptors (Lipinski definition) is 1. The molecular weight excluding hydrogens is 191 g/mol. The lowest BCUT2D eigenvalue weighted by molar-refractivity contribution is -0.138. The second-order valence-electron chi connectivity index (χ2n) is 2.28. The Bertz CT molecular complexity index is 295. The summed E-state index contributed by atoms with van der Waals surface area (Å²) >= 11 is 5.36. The van der Waals surface area contributed by atoms with Crippen molar-refractivity contribution in [3.05, 3.63) is 28.5 Å². The van der Waals surface area contributed by atoms with Crippen molar-refractivity contribution in [2.75, 3.05) is 0 Å². The summed E-state index contributed by atoms with van der Waals surface area (Å²) in [4.78, 5) is 3.49. The molecule has 0 spiro atoms. The molecular formula is C7H5ClF3N. The normalized spacial score (nSPS) is 11.8. The maximum Gasteiger partial charge on any atom is 0.418 e. The van der Waals surface area contributed by atoms with Gasteiger partial charge >= 0.3 is 6.18 Å². The number of nitrogens with zero attached hydrogens (tertiary/aromatic N) is 1. The SMILES string of the molecule is Cc1ncc(Cl)cc1C(F)(F)F. The van der Waals surface area contributed by atoms with Crippen molar-refractivity contribution in [3.63, 3.8) is 0 Å². The maximum atomic E-state index is 12.1. The Labute approximate surface area is 72.2 Å². The zero-order chi connectivity index (χ0) is 9.35. The summed E-state index contributed by atoms with van der Waals surface area (Å²) in [6, 6.07) is 0.865. The third kappa shape index (κ3) is 1.88. The van der Waals surface area contributed by atoms with Gasteiger partial charge in [0.05, 0.1) is 10.6 Å². The molecule has 1 nitrogen and oxygen atoms in total. The number of pyridine rings is 1. The highest BCUT2D eigenvalue weighted by molar-refractivity contribution is 6.30. The number of hydrogen-bond donors (Lipinski definition) is 0. The summed E-state index contributed by atoms with van der Waals surface area (Å²) in [6.07, 6.45) is -3.19. The molecule has 0 unspecified atom stereocenters. The summed E-state index contributed by atoms with van der Waals surface area (Å²) in [7, 11) is 0. The second-order valence-corrected chi connectivity index (χ2v) is 2.72. The van der Waals surface area contributed by atoms with Crippen molar-refractivity contribution in [1.82, 2.24) is 4.98 Å². The van der Waals surface area contributed by atoms with Crippen LogP contribution in [0.25, 0.3) is 0 Å². The van der Waals surface area contributed by atoms with Crippen LogP contribution in [0, 0.1) is 6.92 Å². The van der Waals surface area contributed by atoms with Crippen LogP contribution in [0.1, 0.15) is 11.3 Å². The van der Waals surface area contributed by atoms with Crippen LogP contribution >= 0.6 is 11.6 Å². The molecule has 0 saturated heterocycles. The zero-order valence-corrected chi connectivity index (χ0v) is 6.87. The number of rotatable bonds is 0. The van der Waals surface area contributed by atoms with Crippen LogP contribution in [-0.2, 0) is 6.18 Å². The Kier molecular flexibility index (Phi) is 2.28. The molecule has 0 aliphatic carbocycles. The van der Waals surface area contributed by atoms with Gasteiger partial charge < -0.3 is 0 Å². The summed E-state index contributed by atoms with van der Waals surface area (Å²) in [6.45, 7) is 1.29. The van der Waals surface area contributed by atoms with Crippen LogP contribution in [0.4, 0.5) is 13.2 Å². The third-order valence-corrected chi connectivity index (χ3v) is 1.57. The van der Waals surface area contributed by atoms with E-state index >= 15 is 0 Å². The molecule has 0 amide bonds. The molecule has 1 heterocycles. The lowest BCUT2D eigenvalue weighted by Gasteiger charge is -2.08. The molecule has 0 aliphatic rings. The van der Waals surface area contributed by atoms with Crippen molar-refractivity contribution in [2.45, 2.75) is 13.1 Å². The van der Waals surface area contributed by atoms with E-state index in [9.17, 15) is 13.2 Å². The van der Waals surface area contributed by atoms with E-state index in [1.54, 1.807) is 0 Å². The molecule has 5 heteroatoms. The Morgan fingerprint density at radius 2 is 2.00 bits per heavy atom. The monoisotopic (exact) mass is 195 g/mol. The molecule has 12 heavy (non-hydrogen) atoms. The quantitative estimate of drug-likeness (QED) is 0.620. The fourth-order valence-electron chi connectivity index (χ4n) is 0.795. The van der Waals surface area contributed by atoms with Gasteiger partial charge in [0.15, 0.2) is 0 Å². The van der Waals surface area contributed by atoms with Gasteiger partial charge in [-0.25, -0.2) is 0 Å². The highest BCUT2D eigenvalue weighted by Gasteiger charge is 2.33. The summed E-state index contributed by atoms with van der Waals surface area (Å²) < 4.78 is 36.4. The molecule has 1 aromatic rings. The third-order valence-electron chi connectivity index (χ3n) is 1.36. The number of halogens is 4. The molecule has 0 fully saturated rings. The average molecular weight is 196 g/mol. The molecule has 0 saturated carbocycles. The topological polar surface area (TPSA) is 12.9 Å². The van der Waals surface area contributed by atoms with E-state index < -0.39 is 11.7 Å². The van der Waals surface area contributed by atoms with Gasteiger partial charge in [-0.1, -0.05) is 11.6 Å². The van der Waals surface area contributed by atoms with Crippen molar-refractivity contribution in [1.29, 1.82) is 0 Å². The fourth-order valence-corrected chi connectivity index (χ4v) is 0.952. The van der Waals surface area contributed by atoms with Crippen LogP contribution in [0.15, 0.2) is 12.3 Å². The summed E-state index contributed by atoms with van der Waals surface area (Å²) in [5.41, 5.74) is -0.845. The number of aromatic nitrogens is 1. The number of aryl methyl sites for hydroxylation is 1. The van der Waals surface area contributed by atoms with Gasteiger partial charge in [-0.15, -0.1) is 0 Å². The minimum atomic E-state index is -4.37. The first kappa shape index (κ1) is 9.32.